The molecule has 1 aromatic rings. The number of amides is 1. The first-order chi connectivity index (χ1) is 10.3. The normalized spacial score (nSPS) is 29.2. The van der Waals surface area contributed by atoms with Crippen LogP contribution in [0.25, 0.3) is 0 Å². The van der Waals surface area contributed by atoms with Gasteiger partial charge in [0.15, 0.2) is 0 Å². The van der Waals surface area contributed by atoms with Crippen molar-refractivity contribution in [3.8, 4) is 5.75 Å². The highest BCUT2D eigenvalue weighted by atomic mass is 16.5. The molecule has 1 atom stereocenters. The number of ether oxygens (including phenoxy) is 1. The van der Waals surface area contributed by atoms with Gasteiger partial charge >= 0.3 is 0 Å². The SMILES string of the molecule is COc1ccccc1C1CC(NC2CCCCNC2=O)C1. The predicted molar refractivity (Wildman–Crippen MR) is 82.5 cm³/mol. The Bertz CT molecular complexity index is 497. The van der Waals surface area contributed by atoms with Gasteiger partial charge in [-0.3, -0.25) is 4.79 Å². The first-order valence-corrected chi connectivity index (χ1v) is 7.94. The van der Waals surface area contributed by atoms with E-state index in [1.807, 2.05) is 12.1 Å². The minimum atomic E-state index is -0.00359. The summed E-state index contributed by atoms with van der Waals surface area (Å²) in [6.45, 7) is 0.825. The summed E-state index contributed by atoms with van der Waals surface area (Å²) in [6, 6.07) is 8.70. The van der Waals surface area contributed by atoms with Crippen molar-refractivity contribution >= 4 is 5.91 Å². The monoisotopic (exact) mass is 288 g/mol. The zero-order chi connectivity index (χ0) is 14.7. The molecule has 0 aromatic heterocycles. The van der Waals surface area contributed by atoms with Crippen LogP contribution < -0.4 is 15.4 Å². The zero-order valence-corrected chi connectivity index (χ0v) is 12.6. The number of nitrogens with one attached hydrogen (secondary N) is 2. The smallest absolute Gasteiger partial charge is 0.237 e. The van der Waals surface area contributed by atoms with E-state index in [0.717, 1.165) is 44.4 Å². The van der Waals surface area contributed by atoms with Gasteiger partial charge < -0.3 is 15.4 Å². The maximum absolute atomic E-state index is 11.9. The van der Waals surface area contributed by atoms with Crippen molar-refractivity contribution in [1.29, 1.82) is 0 Å². The summed E-state index contributed by atoms with van der Waals surface area (Å²) in [7, 11) is 1.73. The van der Waals surface area contributed by atoms with E-state index < -0.39 is 0 Å². The second kappa shape index (κ2) is 6.48. The number of benzene rings is 1. The molecular weight excluding hydrogens is 264 g/mol. The molecule has 1 saturated heterocycles. The summed E-state index contributed by atoms with van der Waals surface area (Å²) in [6.07, 6.45) is 5.35. The third-order valence-electron chi connectivity index (χ3n) is 4.69. The van der Waals surface area contributed by atoms with Crippen molar-refractivity contribution < 1.29 is 9.53 Å². The second-order valence-electron chi connectivity index (χ2n) is 6.11. The summed E-state index contributed by atoms with van der Waals surface area (Å²) >= 11 is 0. The summed E-state index contributed by atoms with van der Waals surface area (Å²) in [5, 5.41) is 6.52. The van der Waals surface area contributed by atoms with Crippen LogP contribution in [0.2, 0.25) is 0 Å². The number of hydrogen-bond acceptors (Lipinski definition) is 3. The van der Waals surface area contributed by atoms with Gasteiger partial charge in [0.05, 0.1) is 13.2 Å². The summed E-state index contributed by atoms with van der Waals surface area (Å²) in [4.78, 5) is 11.9. The molecule has 3 rings (SSSR count). The van der Waals surface area contributed by atoms with Crippen LogP contribution in [0.15, 0.2) is 24.3 Å². The minimum absolute atomic E-state index is 0.00359. The Balaban J connectivity index is 1.54. The van der Waals surface area contributed by atoms with Crippen LogP contribution in [0, 0.1) is 0 Å². The van der Waals surface area contributed by atoms with E-state index in [0.29, 0.717) is 12.0 Å². The van der Waals surface area contributed by atoms with Crippen LogP contribution in [0.4, 0.5) is 0 Å². The van der Waals surface area contributed by atoms with E-state index >= 15 is 0 Å². The topological polar surface area (TPSA) is 50.4 Å². The lowest BCUT2D eigenvalue weighted by molar-refractivity contribution is -0.123. The molecule has 2 N–H and O–H groups in total. The van der Waals surface area contributed by atoms with E-state index in [4.69, 9.17) is 4.74 Å². The molecule has 2 aliphatic rings. The van der Waals surface area contributed by atoms with Gasteiger partial charge in [-0.25, -0.2) is 0 Å². The third-order valence-corrected chi connectivity index (χ3v) is 4.69. The maximum atomic E-state index is 11.9. The molecule has 0 bridgehead atoms. The Morgan fingerprint density at radius 3 is 2.86 bits per heavy atom. The van der Waals surface area contributed by atoms with Crippen LogP contribution in [0.1, 0.15) is 43.6 Å². The molecule has 1 aliphatic heterocycles. The van der Waals surface area contributed by atoms with E-state index in [2.05, 4.69) is 22.8 Å². The standard InChI is InChI=1S/C17H24N2O2/c1-21-16-8-3-2-6-14(16)12-10-13(11-12)19-15-7-4-5-9-18-17(15)20/h2-3,6,8,12-13,15,19H,4-5,7,9-11H2,1H3,(H,18,20). The fraction of sp³-hybridized carbons (Fsp3) is 0.588. The maximum Gasteiger partial charge on any atom is 0.237 e. The Morgan fingerprint density at radius 2 is 2.05 bits per heavy atom. The highest BCUT2D eigenvalue weighted by molar-refractivity contribution is 5.81. The van der Waals surface area contributed by atoms with Gasteiger partial charge in [0, 0.05) is 12.6 Å². The fourth-order valence-electron chi connectivity index (χ4n) is 3.39. The van der Waals surface area contributed by atoms with Crippen LogP contribution in [0.3, 0.4) is 0 Å². The number of methoxy groups -OCH3 is 1. The fourth-order valence-corrected chi connectivity index (χ4v) is 3.39. The van der Waals surface area contributed by atoms with E-state index in [-0.39, 0.29) is 11.9 Å². The Kier molecular flexibility index (Phi) is 4.44. The molecule has 1 aliphatic carbocycles. The molecule has 21 heavy (non-hydrogen) atoms. The lowest BCUT2D eigenvalue weighted by Gasteiger charge is -2.38. The van der Waals surface area contributed by atoms with Gasteiger partial charge in [-0.1, -0.05) is 18.2 Å². The van der Waals surface area contributed by atoms with E-state index in [9.17, 15) is 4.79 Å². The van der Waals surface area contributed by atoms with Gasteiger partial charge in [0.25, 0.3) is 0 Å². The molecule has 1 unspecified atom stereocenters. The highest BCUT2D eigenvalue weighted by Crippen LogP contribution is 2.41. The van der Waals surface area contributed by atoms with Crippen LogP contribution >= 0.6 is 0 Å². The van der Waals surface area contributed by atoms with Crippen LogP contribution in [-0.2, 0) is 4.79 Å². The van der Waals surface area contributed by atoms with Crippen molar-refractivity contribution in [3.05, 3.63) is 29.8 Å². The molecule has 1 heterocycles. The van der Waals surface area contributed by atoms with E-state index in [1.54, 1.807) is 7.11 Å². The Hall–Kier alpha value is -1.55. The number of rotatable bonds is 4. The van der Waals surface area contributed by atoms with E-state index in [1.165, 1.54) is 5.56 Å². The quantitative estimate of drug-likeness (QED) is 0.893. The number of carbonyl (C=O) groups excluding carboxylic acids is 1. The second-order valence-corrected chi connectivity index (χ2v) is 6.11. The lowest BCUT2D eigenvalue weighted by Crippen LogP contribution is -2.51. The van der Waals surface area contributed by atoms with Crippen molar-refractivity contribution in [2.24, 2.45) is 0 Å². The molecule has 0 radical (unpaired) electrons. The molecule has 0 spiro atoms. The average Bonchev–Trinajstić information content (AvgIpc) is 2.67. The van der Waals surface area contributed by atoms with Crippen molar-refractivity contribution in [1.82, 2.24) is 10.6 Å². The van der Waals surface area contributed by atoms with Gasteiger partial charge in [0.2, 0.25) is 5.91 Å². The summed E-state index contributed by atoms with van der Waals surface area (Å²) in [5.41, 5.74) is 1.29. The first kappa shape index (κ1) is 14.4. The van der Waals surface area contributed by atoms with Crippen LogP contribution in [-0.4, -0.2) is 31.6 Å². The first-order valence-electron chi connectivity index (χ1n) is 7.94. The largest absolute Gasteiger partial charge is 0.496 e. The molecule has 1 amide bonds. The molecule has 1 saturated carbocycles. The van der Waals surface area contributed by atoms with Crippen LogP contribution in [0.5, 0.6) is 5.75 Å². The molecule has 2 fully saturated rings. The van der Waals surface area contributed by atoms with Crippen molar-refractivity contribution in [3.63, 3.8) is 0 Å². The average molecular weight is 288 g/mol. The zero-order valence-electron chi connectivity index (χ0n) is 12.6. The summed E-state index contributed by atoms with van der Waals surface area (Å²) in [5.74, 6) is 1.70. The minimum Gasteiger partial charge on any atom is -0.496 e. The number of hydrogen-bond donors (Lipinski definition) is 2. The predicted octanol–water partition coefficient (Wildman–Crippen LogP) is 2.20. The van der Waals surface area contributed by atoms with Gasteiger partial charge in [0.1, 0.15) is 5.75 Å². The van der Waals surface area contributed by atoms with Gasteiger partial charge in [-0.15, -0.1) is 0 Å². The lowest BCUT2D eigenvalue weighted by atomic mass is 9.75. The molecule has 114 valence electrons. The molecular formula is C17H24N2O2. The molecule has 4 nitrogen and oxygen atoms in total. The third kappa shape index (κ3) is 3.21. The van der Waals surface area contributed by atoms with Crippen molar-refractivity contribution in [2.45, 2.75) is 50.1 Å². The molecule has 1 aromatic carbocycles. The number of para-hydroxylation sites is 1. The van der Waals surface area contributed by atoms with Gasteiger partial charge in [-0.05, 0) is 49.7 Å². The highest BCUT2D eigenvalue weighted by Gasteiger charge is 2.34. The molecule has 4 heteroatoms. The van der Waals surface area contributed by atoms with Crippen molar-refractivity contribution in [2.75, 3.05) is 13.7 Å². The Morgan fingerprint density at radius 1 is 1.24 bits per heavy atom. The van der Waals surface area contributed by atoms with Gasteiger partial charge in [-0.2, -0.15) is 0 Å². The Labute approximate surface area is 126 Å². The summed E-state index contributed by atoms with van der Waals surface area (Å²) < 4.78 is 5.44. The number of carbonyl (C=O) groups is 1.